The van der Waals surface area contributed by atoms with Crippen LogP contribution in [0.1, 0.15) is 18.9 Å². The molecule has 94 valence electrons. The number of aryl methyl sites for hydroxylation is 1. The van der Waals surface area contributed by atoms with Crippen molar-refractivity contribution in [1.29, 1.82) is 0 Å². The Bertz CT molecular complexity index is 466. The fraction of sp³-hybridized carbons (Fsp3) is 0.333. The zero-order valence-corrected chi connectivity index (χ0v) is 10.6. The van der Waals surface area contributed by atoms with E-state index in [1.165, 1.54) is 12.1 Å². The molecule has 4 nitrogen and oxygen atoms in total. The summed E-state index contributed by atoms with van der Waals surface area (Å²) in [6, 6.07) is 5.99. The third-order valence-electron chi connectivity index (χ3n) is 1.73. The predicted molar refractivity (Wildman–Crippen MR) is 66.1 cm³/mol. The number of rotatable bonds is 2. The van der Waals surface area contributed by atoms with Gasteiger partial charge in [-0.05, 0) is 26.0 Å². The zero-order chi connectivity index (χ0) is 13.5. The first-order chi connectivity index (χ1) is 7.77. The zero-order valence-electron chi connectivity index (χ0n) is 9.79. The molecular weight excluding hydrogens is 240 g/mol. The Labute approximate surface area is 102 Å². The molecule has 0 saturated heterocycles. The van der Waals surface area contributed by atoms with E-state index in [9.17, 15) is 8.42 Å². The summed E-state index contributed by atoms with van der Waals surface area (Å²) in [4.78, 5) is -0.0666. The summed E-state index contributed by atoms with van der Waals surface area (Å²) in [5.41, 5.74) is 0.956. The first-order valence-corrected chi connectivity index (χ1v) is 6.37. The molecule has 1 aromatic carbocycles. The molecule has 0 aliphatic heterocycles. The van der Waals surface area contributed by atoms with Crippen molar-refractivity contribution in [3.8, 4) is 12.3 Å². The van der Waals surface area contributed by atoms with Gasteiger partial charge >= 0.3 is 0 Å². The second kappa shape index (κ2) is 7.07. The van der Waals surface area contributed by atoms with Gasteiger partial charge in [0.05, 0.1) is 11.0 Å². The Hall–Kier alpha value is -1.35. The molecule has 1 atom stereocenters. The molecule has 0 aliphatic carbocycles. The summed E-state index contributed by atoms with van der Waals surface area (Å²) < 4.78 is 29.6. The molecule has 5 heteroatoms. The summed E-state index contributed by atoms with van der Waals surface area (Å²) in [6.45, 7) is 3.51. The molecular formula is C12H16O4S. The number of hydrogen-bond donors (Lipinski definition) is 2. The standard InChI is InChI=1S/C7H8O3S.C5H8O/c1-6-2-4-7(5-3-6)11(8,9)10;1-3-4-5(2)6/h2-5H,1H3,(H,8,9,10);1,5-6H,4H2,2H3. The molecule has 0 aromatic heterocycles. The lowest BCUT2D eigenvalue weighted by Gasteiger charge is -1.95. The minimum absolute atomic E-state index is 0.0666. The average molecular weight is 256 g/mol. The fourth-order valence-corrected chi connectivity index (χ4v) is 1.36. The van der Waals surface area contributed by atoms with E-state index in [1.807, 2.05) is 6.92 Å². The molecule has 0 heterocycles. The molecule has 1 aromatic rings. The Kier molecular flexibility index (Phi) is 6.51. The minimum atomic E-state index is -4.02. The largest absolute Gasteiger partial charge is 0.392 e. The first-order valence-electron chi connectivity index (χ1n) is 4.93. The maximum absolute atomic E-state index is 10.5. The van der Waals surface area contributed by atoms with Gasteiger partial charge in [-0.3, -0.25) is 4.55 Å². The van der Waals surface area contributed by atoms with Gasteiger partial charge in [-0.15, -0.1) is 12.3 Å². The van der Waals surface area contributed by atoms with Crippen molar-refractivity contribution in [2.24, 2.45) is 0 Å². The highest BCUT2D eigenvalue weighted by atomic mass is 32.2. The van der Waals surface area contributed by atoms with E-state index in [2.05, 4.69) is 5.92 Å². The number of terminal acetylenes is 1. The van der Waals surface area contributed by atoms with Gasteiger partial charge in [0.15, 0.2) is 0 Å². The van der Waals surface area contributed by atoms with Crippen molar-refractivity contribution < 1.29 is 18.1 Å². The summed E-state index contributed by atoms with van der Waals surface area (Å²) in [7, 11) is -4.02. The van der Waals surface area contributed by atoms with Crippen LogP contribution >= 0.6 is 0 Å². The van der Waals surface area contributed by atoms with Gasteiger partial charge in [-0.1, -0.05) is 17.7 Å². The minimum Gasteiger partial charge on any atom is -0.392 e. The predicted octanol–water partition coefficient (Wildman–Crippen LogP) is 1.63. The molecule has 0 spiro atoms. The second-order valence-corrected chi connectivity index (χ2v) is 4.97. The highest BCUT2D eigenvalue weighted by Gasteiger charge is 2.06. The van der Waals surface area contributed by atoms with Crippen molar-refractivity contribution in [1.82, 2.24) is 0 Å². The van der Waals surface area contributed by atoms with E-state index in [-0.39, 0.29) is 11.0 Å². The van der Waals surface area contributed by atoms with E-state index in [1.54, 1.807) is 19.1 Å². The average Bonchev–Trinajstić information content (AvgIpc) is 2.17. The highest BCUT2D eigenvalue weighted by Crippen LogP contribution is 2.08. The third kappa shape index (κ3) is 7.53. The fourth-order valence-electron chi connectivity index (χ4n) is 0.881. The number of aliphatic hydroxyl groups excluding tert-OH is 1. The van der Waals surface area contributed by atoms with Crippen LogP contribution in [0.3, 0.4) is 0 Å². The topological polar surface area (TPSA) is 74.6 Å². The van der Waals surface area contributed by atoms with Crippen molar-refractivity contribution in [2.75, 3.05) is 0 Å². The summed E-state index contributed by atoms with van der Waals surface area (Å²) in [5, 5.41) is 8.41. The highest BCUT2D eigenvalue weighted by molar-refractivity contribution is 7.85. The van der Waals surface area contributed by atoms with Crippen LogP contribution in [0, 0.1) is 19.3 Å². The number of benzene rings is 1. The van der Waals surface area contributed by atoms with Gasteiger partial charge in [0.25, 0.3) is 10.1 Å². The molecule has 2 N–H and O–H groups in total. The van der Waals surface area contributed by atoms with Crippen LogP contribution in [0.5, 0.6) is 0 Å². The lowest BCUT2D eigenvalue weighted by Crippen LogP contribution is -1.96. The maximum Gasteiger partial charge on any atom is 0.294 e. The van der Waals surface area contributed by atoms with Crippen molar-refractivity contribution in [3.05, 3.63) is 29.8 Å². The lowest BCUT2D eigenvalue weighted by molar-refractivity contribution is 0.201. The number of aliphatic hydroxyl groups is 1. The smallest absolute Gasteiger partial charge is 0.294 e. The number of hydrogen-bond acceptors (Lipinski definition) is 3. The van der Waals surface area contributed by atoms with Crippen LogP contribution in [0.25, 0.3) is 0 Å². The Morgan fingerprint density at radius 1 is 1.35 bits per heavy atom. The monoisotopic (exact) mass is 256 g/mol. The van der Waals surface area contributed by atoms with Crippen LogP contribution in [-0.2, 0) is 10.1 Å². The second-order valence-electron chi connectivity index (χ2n) is 3.55. The van der Waals surface area contributed by atoms with Crippen molar-refractivity contribution in [3.63, 3.8) is 0 Å². The molecule has 1 unspecified atom stereocenters. The van der Waals surface area contributed by atoms with Gasteiger partial charge in [-0.2, -0.15) is 8.42 Å². The van der Waals surface area contributed by atoms with E-state index in [4.69, 9.17) is 16.1 Å². The summed E-state index contributed by atoms with van der Waals surface area (Å²) >= 11 is 0. The maximum atomic E-state index is 10.5. The van der Waals surface area contributed by atoms with E-state index in [0.29, 0.717) is 6.42 Å². The van der Waals surface area contributed by atoms with Gasteiger partial charge in [0.1, 0.15) is 0 Å². The molecule has 0 radical (unpaired) electrons. The Balaban J connectivity index is 0.000000366. The quantitative estimate of drug-likeness (QED) is 0.623. The van der Waals surface area contributed by atoms with Crippen molar-refractivity contribution in [2.45, 2.75) is 31.3 Å². The van der Waals surface area contributed by atoms with Gasteiger partial charge in [0.2, 0.25) is 0 Å². The van der Waals surface area contributed by atoms with Crippen LogP contribution in [-0.4, -0.2) is 24.2 Å². The van der Waals surface area contributed by atoms with Gasteiger partial charge < -0.3 is 5.11 Å². The molecule has 0 bridgehead atoms. The Morgan fingerprint density at radius 2 is 1.82 bits per heavy atom. The molecule has 0 amide bonds. The normalized spacial score (nSPS) is 11.9. The molecule has 17 heavy (non-hydrogen) atoms. The van der Waals surface area contributed by atoms with Gasteiger partial charge in [-0.25, -0.2) is 0 Å². The molecule has 0 saturated carbocycles. The molecule has 1 rings (SSSR count). The van der Waals surface area contributed by atoms with Crippen LogP contribution in [0.4, 0.5) is 0 Å². The first kappa shape index (κ1) is 15.7. The summed E-state index contributed by atoms with van der Waals surface area (Å²) in [5.74, 6) is 2.32. The lowest BCUT2D eigenvalue weighted by atomic mass is 10.2. The Morgan fingerprint density at radius 3 is 2.06 bits per heavy atom. The SMILES string of the molecule is C#CCC(C)O.Cc1ccc(S(=O)(=O)O)cc1. The van der Waals surface area contributed by atoms with Gasteiger partial charge in [0, 0.05) is 6.42 Å². The van der Waals surface area contributed by atoms with Crippen LogP contribution in [0.15, 0.2) is 29.2 Å². The van der Waals surface area contributed by atoms with E-state index < -0.39 is 10.1 Å². The van der Waals surface area contributed by atoms with E-state index >= 15 is 0 Å². The van der Waals surface area contributed by atoms with Crippen LogP contribution in [0.2, 0.25) is 0 Å². The molecule has 0 aliphatic rings. The third-order valence-corrected chi connectivity index (χ3v) is 2.60. The van der Waals surface area contributed by atoms with Crippen LogP contribution < -0.4 is 0 Å². The van der Waals surface area contributed by atoms with Crippen molar-refractivity contribution >= 4 is 10.1 Å². The summed E-state index contributed by atoms with van der Waals surface area (Å²) in [6.07, 6.45) is 4.94. The molecule has 0 fully saturated rings. The van der Waals surface area contributed by atoms with E-state index in [0.717, 1.165) is 5.56 Å².